The molecule has 2 rings (SSSR count). The number of aromatic nitrogens is 3. The minimum atomic E-state index is -1.01. The zero-order valence-electron chi connectivity index (χ0n) is 12.7. The van der Waals surface area contributed by atoms with Gasteiger partial charge in [0.05, 0.1) is 22.9 Å². The molecule has 0 fully saturated rings. The molecule has 0 saturated carbocycles. The van der Waals surface area contributed by atoms with Crippen LogP contribution >= 0.6 is 0 Å². The van der Waals surface area contributed by atoms with E-state index in [0.717, 1.165) is 11.1 Å². The minimum absolute atomic E-state index is 0.0168. The van der Waals surface area contributed by atoms with E-state index >= 15 is 0 Å². The maximum atomic E-state index is 11.4. The van der Waals surface area contributed by atoms with Crippen molar-refractivity contribution in [2.45, 2.75) is 26.9 Å². The topological polar surface area (TPSA) is 89.3 Å². The van der Waals surface area contributed by atoms with Crippen LogP contribution in [0.1, 0.15) is 29.9 Å². The van der Waals surface area contributed by atoms with Crippen molar-refractivity contribution in [2.24, 2.45) is 7.05 Å². The van der Waals surface area contributed by atoms with E-state index < -0.39 is 5.97 Å². The van der Waals surface area contributed by atoms with Crippen molar-refractivity contribution in [2.75, 3.05) is 18.5 Å². The van der Waals surface area contributed by atoms with Crippen LogP contribution in [-0.2, 0) is 11.8 Å². The molecule has 1 atom stereocenters. The van der Waals surface area contributed by atoms with Gasteiger partial charge >= 0.3 is 5.97 Å². The first-order valence-electron chi connectivity index (χ1n) is 6.86. The number of aromatic carboxylic acids is 1. The highest BCUT2D eigenvalue weighted by Crippen LogP contribution is 2.28. The summed E-state index contributed by atoms with van der Waals surface area (Å²) in [7, 11) is 1.79. The lowest BCUT2D eigenvalue weighted by Crippen LogP contribution is -2.21. The van der Waals surface area contributed by atoms with Gasteiger partial charge in [-0.25, -0.2) is 9.78 Å². The second kappa shape index (κ2) is 6.09. The number of carboxylic acid groups (broad SMARTS) is 1. The van der Waals surface area contributed by atoms with Gasteiger partial charge in [-0.3, -0.25) is 4.68 Å². The summed E-state index contributed by atoms with van der Waals surface area (Å²) in [6.07, 6.45) is 1.34. The van der Waals surface area contributed by atoms with E-state index in [2.05, 4.69) is 15.4 Å². The molecular formula is C14H20N4O3. The Morgan fingerprint density at radius 1 is 1.57 bits per heavy atom. The number of ether oxygens (including phenoxy) is 1. The van der Waals surface area contributed by atoms with Gasteiger partial charge in [0.15, 0.2) is 5.65 Å². The summed E-state index contributed by atoms with van der Waals surface area (Å²) in [5.74, 6) is -1.01. The molecule has 2 aromatic rings. The van der Waals surface area contributed by atoms with E-state index in [9.17, 15) is 9.90 Å². The Morgan fingerprint density at radius 2 is 2.29 bits per heavy atom. The maximum absolute atomic E-state index is 11.4. The van der Waals surface area contributed by atoms with Crippen LogP contribution in [0.25, 0.3) is 11.0 Å². The number of hydrogen-bond acceptors (Lipinski definition) is 5. The molecular weight excluding hydrogens is 272 g/mol. The third-order valence-electron chi connectivity index (χ3n) is 3.28. The summed E-state index contributed by atoms with van der Waals surface area (Å²) in [6, 6.07) is 0. The van der Waals surface area contributed by atoms with E-state index in [1.165, 1.54) is 6.20 Å². The Morgan fingerprint density at radius 3 is 2.90 bits per heavy atom. The van der Waals surface area contributed by atoms with E-state index in [0.29, 0.717) is 24.5 Å². The van der Waals surface area contributed by atoms with Crippen molar-refractivity contribution < 1.29 is 14.6 Å². The fourth-order valence-corrected chi connectivity index (χ4v) is 2.35. The first-order valence-corrected chi connectivity index (χ1v) is 6.86. The highest BCUT2D eigenvalue weighted by Gasteiger charge is 2.19. The molecule has 114 valence electrons. The van der Waals surface area contributed by atoms with Crippen molar-refractivity contribution >= 4 is 22.7 Å². The average molecular weight is 292 g/mol. The largest absolute Gasteiger partial charge is 0.478 e. The summed E-state index contributed by atoms with van der Waals surface area (Å²) in [4.78, 5) is 15.6. The fraction of sp³-hybridized carbons (Fsp3) is 0.500. The summed E-state index contributed by atoms with van der Waals surface area (Å²) in [6.45, 7) is 6.83. The zero-order valence-corrected chi connectivity index (χ0v) is 12.7. The molecule has 0 aliphatic rings. The van der Waals surface area contributed by atoms with Gasteiger partial charge in [-0.05, 0) is 20.8 Å². The highest BCUT2D eigenvalue weighted by atomic mass is 16.5. The molecule has 0 bridgehead atoms. The van der Waals surface area contributed by atoms with Gasteiger partial charge in [0.2, 0.25) is 0 Å². The van der Waals surface area contributed by atoms with Gasteiger partial charge in [0.1, 0.15) is 5.56 Å². The van der Waals surface area contributed by atoms with Crippen LogP contribution in [-0.4, -0.2) is 45.1 Å². The SMILES string of the molecule is CCOC(C)CNc1c(C(=O)O)cnc2c1c(C)nn2C. The van der Waals surface area contributed by atoms with Gasteiger partial charge < -0.3 is 15.2 Å². The molecule has 2 N–H and O–H groups in total. The summed E-state index contributed by atoms with van der Waals surface area (Å²) >= 11 is 0. The number of pyridine rings is 1. The van der Waals surface area contributed by atoms with Gasteiger partial charge in [-0.2, -0.15) is 5.10 Å². The van der Waals surface area contributed by atoms with Gasteiger partial charge in [0.25, 0.3) is 0 Å². The minimum Gasteiger partial charge on any atom is -0.478 e. The quantitative estimate of drug-likeness (QED) is 0.844. The van der Waals surface area contributed by atoms with Crippen LogP contribution in [0.15, 0.2) is 6.20 Å². The Labute approximate surface area is 122 Å². The molecule has 0 aliphatic carbocycles. The van der Waals surface area contributed by atoms with Crippen LogP contribution in [0.2, 0.25) is 0 Å². The summed E-state index contributed by atoms with van der Waals surface area (Å²) < 4.78 is 7.11. The monoisotopic (exact) mass is 292 g/mol. The predicted octanol–water partition coefficient (Wildman–Crippen LogP) is 1.81. The van der Waals surface area contributed by atoms with Crippen molar-refractivity contribution in [3.63, 3.8) is 0 Å². The van der Waals surface area contributed by atoms with E-state index in [1.807, 2.05) is 20.8 Å². The average Bonchev–Trinajstić information content (AvgIpc) is 2.71. The number of carboxylic acids is 1. The number of aryl methyl sites for hydroxylation is 2. The Balaban J connectivity index is 2.46. The summed E-state index contributed by atoms with van der Waals surface area (Å²) in [5, 5.41) is 17.6. The number of rotatable bonds is 6. The second-order valence-electron chi connectivity index (χ2n) is 4.91. The molecule has 0 aliphatic heterocycles. The van der Waals surface area contributed by atoms with Crippen LogP contribution in [0.4, 0.5) is 5.69 Å². The van der Waals surface area contributed by atoms with E-state index in [1.54, 1.807) is 11.7 Å². The Kier molecular flexibility index (Phi) is 4.42. The highest BCUT2D eigenvalue weighted by molar-refractivity contribution is 6.04. The number of hydrogen-bond donors (Lipinski definition) is 2. The molecule has 0 spiro atoms. The van der Waals surface area contributed by atoms with Crippen molar-refractivity contribution in [3.8, 4) is 0 Å². The van der Waals surface area contributed by atoms with E-state index in [4.69, 9.17) is 4.74 Å². The van der Waals surface area contributed by atoms with Gasteiger partial charge in [0, 0.05) is 26.4 Å². The lowest BCUT2D eigenvalue weighted by atomic mass is 10.1. The van der Waals surface area contributed by atoms with Crippen LogP contribution in [0.5, 0.6) is 0 Å². The van der Waals surface area contributed by atoms with Crippen molar-refractivity contribution in [1.29, 1.82) is 0 Å². The van der Waals surface area contributed by atoms with Gasteiger partial charge in [-0.1, -0.05) is 0 Å². The smallest absolute Gasteiger partial charge is 0.339 e. The molecule has 0 amide bonds. The molecule has 0 saturated heterocycles. The normalized spacial score (nSPS) is 12.6. The van der Waals surface area contributed by atoms with Crippen molar-refractivity contribution in [3.05, 3.63) is 17.5 Å². The second-order valence-corrected chi connectivity index (χ2v) is 4.91. The van der Waals surface area contributed by atoms with Crippen LogP contribution < -0.4 is 5.32 Å². The maximum Gasteiger partial charge on any atom is 0.339 e. The molecule has 1 unspecified atom stereocenters. The summed E-state index contributed by atoms with van der Waals surface area (Å²) in [5.41, 5.74) is 2.09. The zero-order chi connectivity index (χ0) is 15.6. The number of anilines is 1. The fourth-order valence-electron chi connectivity index (χ4n) is 2.35. The molecule has 2 aromatic heterocycles. The van der Waals surface area contributed by atoms with Crippen molar-refractivity contribution in [1.82, 2.24) is 14.8 Å². The van der Waals surface area contributed by atoms with Crippen LogP contribution in [0.3, 0.4) is 0 Å². The number of fused-ring (bicyclic) bond motifs is 1. The molecule has 7 nitrogen and oxygen atoms in total. The Hall–Kier alpha value is -2.15. The number of nitrogens with zero attached hydrogens (tertiary/aromatic N) is 3. The third-order valence-corrected chi connectivity index (χ3v) is 3.28. The first-order chi connectivity index (χ1) is 9.95. The van der Waals surface area contributed by atoms with E-state index in [-0.39, 0.29) is 11.7 Å². The standard InChI is InChI=1S/C14H20N4O3/c1-5-21-8(2)6-15-12-10(14(19)20)7-16-13-11(12)9(3)17-18(13)4/h7-8H,5-6H2,1-4H3,(H,15,16)(H,19,20). The number of carbonyl (C=O) groups is 1. The molecule has 2 heterocycles. The molecule has 21 heavy (non-hydrogen) atoms. The first kappa shape index (κ1) is 15.2. The lowest BCUT2D eigenvalue weighted by molar-refractivity contribution is 0.0696. The third kappa shape index (κ3) is 2.97. The molecule has 0 aromatic carbocycles. The molecule has 7 heteroatoms. The predicted molar refractivity (Wildman–Crippen MR) is 79.8 cm³/mol. The van der Waals surface area contributed by atoms with Crippen LogP contribution in [0, 0.1) is 6.92 Å². The van der Waals surface area contributed by atoms with Gasteiger partial charge in [-0.15, -0.1) is 0 Å². The lowest BCUT2D eigenvalue weighted by Gasteiger charge is -2.15. The number of nitrogens with one attached hydrogen (secondary N) is 1. The Bertz CT molecular complexity index is 666. The molecule has 0 radical (unpaired) electrons.